The molecule has 0 spiro atoms. The number of phosphoric ester groups is 1. The molecule has 0 saturated carbocycles. The van der Waals surface area contributed by atoms with Crippen molar-refractivity contribution in [3.05, 3.63) is 48.6 Å². The lowest BCUT2D eigenvalue weighted by atomic mass is 10.1. The summed E-state index contributed by atoms with van der Waals surface area (Å²) in [5.41, 5.74) is 0. The monoisotopic (exact) mass is 725 g/mol. The van der Waals surface area contributed by atoms with Crippen LogP contribution in [-0.4, -0.2) is 41.0 Å². The Morgan fingerprint density at radius 3 is 1.40 bits per heavy atom. The van der Waals surface area contributed by atoms with Crippen LogP contribution in [-0.2, 0) is 28.2 Å². The Morgan fingerprint density at radius 1 is 0.520 bits per heavy atom. The fraction of sp³-hybridized carbons (Fsp3) is 0.756. The molecule has 2 N–H and O–H groups in total. The Morgan fingerprint density at radius 2 is 0.900 bits per heavy atom. The van der Waals surface area contributed by atoms with E-state index in [9.17, 15) is 14.2 Å². The van der Waals surface area contributed by atoms with E-state index in [1.54, 1.807) is 0 Å². The summed E-state index contributed by atoms with van der Waals surface area (Å²) in [7, 11) is -4.76. The van der Waals surface area contributed by atoms with Crippen LogP contribution >= 0.6 is 7.82 Å². The standard InChI is InChI=1S/C41H73O8P/c1-3-5-7-9-11-13-15-17-19-20-22-23-25-27-29-31-33-35-40(42)47-37-39(38-48-50(44,45)46)49-41(43)36-34-32-30-28-26-24-21-18-16-14-12-10-8-6-4-2/h11,13,17-19,21,26,28,39H,3-10,12,14-16,20,22-25,27,29-38H2,1-2H3,(H2,44,45,46)/b13-11+,19-17+,21-18+,28-26+/t39-/m1/s1. The average Bonchev–Trinajstić information content (AvgIpc) is 3.08. The third kappa shape index (κ3) is 38.8. The number of allylic oxidation sites excluding steroid dienone is 8. The van der Waals surface area contributed by atoms with E-state index in [-0.39, 0.29) is 19.4 Å². The normalized spacial score (nSPS) is 13.0. The van der Waals surface area contributed by atoms with Crippen LogP contribution in [0.5, 0.6) is 0 Å². The van der Waals surface area contributed by atoms with Gasteiger partial charge >= 0.3 is 19.8 Å². The van der Waals surface area contributed by atoms with Crippen LogP contribution in [0, 0.1) is 0 Å². The van der Waals surface area contributed by atoms with Gasteiger partial charge in [-0.15, -0.1) is 0 Å². The highest BCUT2D eigenvalue weighted by atomic mass is 31.2. The van der Waals surface area contributed by atoms with Gasteiger partial charge in [-0.25, -0.2) is 4.57 Å². The highest BCUT2D eigenvalue weighted by Crippen LogP contribution is 2.36. The van der Waals surface area contributed by atoms with Crippen molar-refractivity contribution in [2.24, 2.45) is 0 Å². The average molecular weight is 725 g/mol. The zero-order valence-corrected chi connectivity index (χ0v) is 32.7. The van der Waals surface area contributed by atoms with Crippen molar-refractivity contribution >= 4 is 19.8 Å². The lowest BCUT2D eigenvalue weighted by Gasteiger charge is -2.18. The van der Waals surface area contributed by atoms with Gasteiger partial charge in [0.25, 0.3) is 0 Å². The summed E-state index contributed by atoms with van der Waals surface area (Å²) in [5, 5.41) is 0. The third-order valence-electron chi connectivity index (χ3n) is 8.32. The van der Waals surface area contributed by atoms with Gasteiger partial charge in [-0.2, -0.15) is 0 Å². The Balaban J connectivity index is 4.01. The summed E-state index contributed by atoms with van der Waals surface area (Å²) in [6, 6.07) is 0. The largest absolute Gasteiger partial charge is 0.469 e. The van der Waals surface area contributed by atoms with Gasteiger partial charge < -0.3 is 19.3 Å². The molecule has 0 rings (SSSR count). The first-order valence-corrected chi connectivity index (χ1v) is 21.5. The summed E-state index contributed by atoms with van der Waals surface area (Å²) in [6.45, 7) is 3.61. The fourth-order valence-corrected chi connectivity index (χ4v) is 5.67. The van der Waals surface area contributed by atoms with Gasteiger partial charge in [0.1, 0.15) is 6.61 Å². The molecule has 0 aromatic rings. The van der Waals surface area contributed by atoms with Gasteiger partial charge in [0.15, 0.2) is 6.10 Å². The molecular weight excluding hydrogens is 651 g/mol. The van der Waals surface area contributed by atoms with Gasteiger partial charge in [-0.3, -0.25) is 14.1 Å². The summed E-state index contributed by atoms with van der Waals surface area (Å²) < 4.78 is 26.3. The minimum absolute atomic E-state index is 0.167. The van der Waals surface area contributed by atoms with E-state index >= 15 is 0 Å². The number of hydrogen-bond acceptors (Lipinski definition) is 6. The fourth-order valence-electron chi connectivity index (χ4n) is 5.31. The maximum atomic E-state index is 12.4. The number of rotatable bonds is 36. The molecule has 0 aliphatic heterocycles. The first-order chi connectivity index (χ1) is 24.3. The van der Waals surface area contributed by atoms with E-state index in [1.807, 2.05) is 0 Å². The third-order valence-corrected chi connectivity index (χ3v) is 8.81. The number of ether oxygens (including phenoxy) is 2. The van der Waals surface area contributed by atoms with E-state index in [2.05, 4.69) is 67.0 Å². The van der Waals surface area contributed by atoms with Crippen molar-refractivity contribution < 1.29 is 37.9 Å². The summed E-state index contributed by atoms with van der Waals surface area (Å²) in [4.78, 5) is 42.7. The van der Waals surface area contributed by atoms with E-state index in [0.717, 1.165) is 57.8 Å². The Hall–Kier alpha value is -1.99. The van der Waals surface area contributed by atoms with Crippen LogP contribution in [0.1, 0.15) is 181 Å². The molecule has 0 unspecified atom stereocenters. The van der Waals surface area contributed by atoms with Crippen LogP contribution in [0.3, 0.4) is 0 Å². The molecule has 50 heavy (non-hydrogen) atoms. The van der Waals surface area contributed by atoms with Crippen molar-refractivity contribution in [2.75, 3.05) is 13.2 Å². The number of unbranched alkanes of at least 4 members (excludes halogenated alkanes) is 18. The molecular formula is C41H73O8P. The highest BCUT2D eigenvalue weighted by Gasteiger charge is 2.22. The second-order valence-electron chi connectivity index (χ2n) is 13.2. The molecule has 0 heterocycles. The van der Waals surface area contributed by atoms with Crippen LogP contribution in [0.25, 0.3) is 0 Å². The van der Waals surface area contributed by atoms with Crippen LogP contribution in [0.15, 0.2) is 48.6 Å². The predicted molar refractivity (Wildman–Crippen MR) is 207 cm³/mol. The lowest BCUT2D eigenvalue weighted by molar-refractivity contribution is -0.161. The maximum absolute atomic E-state index is 12.4. The summed E-state index contributed by atoms with van der Waals surface area (Å²) in [6.07, 6.45) is 44.0. The molecule has 0 bridgehead atoms. The van der Waals surface area contributed by atoms with Crippen LogP contribution in [0.2, 0.25) is 0 Å². The van der Waals surface area contributed by atoms with Crippen molar-refractivity contribution in [3.8, 4) is 0 Å². The summed E-state index contributed by atoms with van der Waals surface area (Å²) >= 11 is 0. The molecule has 0 aromatic heterocycles. The molecule has 8 nitrogen and oxygen atoms in total. The van der Waals surface area contributed by atoms with Crippen LogP contribution < -0.4 is 0 Å². The quantitative estimate of drug-likeness (QED) is 0.0284. The highest BCUT2D eigenvalue weighted by molar-refractivity contribution is 7.46. The summed E-state index contributed by atoms with van der Waals surface area (Å²) in [5.74, 6) is -0.933. The zero-order valence-electron chi connectivity index (χ0n) is 31.8. The Kier molecular flexibility index (Phi) is 35.3. The second-order valence-corrected chi connectivity index (χ2v) is 14.5. The van der Waals surface area contributed by atoms with Crippen molar-refractivity contribution in [3.63, 3.8) is 0 Å². The van der Waals surface area contributed by atoms with Crippen molar-refractivity contribution in [1.82, 2.24) is 0 Å². The van der Waals surface area contributed by atoms with E-state index < -0.39 is 32.5 Å². The van der Waals surface area contributed by atoms with Gasteiger partial charge in [0.05, 0.1) is 6.61 Å². The van der Waals surface area contributed by atoms with Gasteiger partial charge in [-0.05, 0) is 77.0 Å². The molecule has 0 fully saturated rings. The smallest absolute Gasteiger partial charge is 0.462 e. The molecule has 0 aliphatic rings. The zero-order chi connectivity index (χ0) is 36.8. The molecule has 1 atom stereocenters. The first-order valence-electron chi connectivity index (χ1n) is 19.9. The minimum atomic E-state index is -4.76. The van der Waals surface area contributed by atoms with E-state index in [1.165, 1.54) is 83.5 Å². The number of carbonyl (C=O) groups excluding carboxylic acids is 2. The first kappa shape index (κ1) is 48.0. The topological polar surface area (TPSA) is 119 Å². The molecule has 0 aromatic carbocycles. The number of phosphoric acid groups is 1. The van der Waals surface area contributed by atoms with Gasteiger partial charge in [-0.1, -0.05) is 140 Å². The number of esters is 2. The van der Waals surface area contributed by atoms with E-state index in [4.69, 9.17) is 19.3 Å². The molecule has 0 aliphatic carbocycles. The second kappa shape index (κ2) is 36.8. The Bertz CT molecular complexity index is 952. The van der Waals surface area contributed by atoms with Gasteiger partial charge in [0, 0.05) is 12.8 Å². The SMILES string of the molecule is CCCCC/C=C/C/C=C/CCCCCCCCCC(=O)OC[C@H](COP(=O)(O)O)OC(=O)CCCC/C=C/C/C=C/CCCCCCCC. The molecule has 0 amide bonds. The number of carbonyl (C=O) groups is 2. The van der Waals surface area contributed by atoms with Crippen molar-refractivity contribution in [1.29, 1.82) is 0 Å². The minimum Gasteiger partial charge on any atom is -0.462 e. The predicted octanol–water partition coefficient (Wildman–Crippen LogP) is 12.0. The lowest BCUT2D eigenvalue weighted by Crippen LogP contribution is -2.29. The molecule has 290 valence electrons. The van der Waals surface area contributed by atoms with Crippen molar-refractivity contribution in [2.45, 2.75) is 187 Å². The molecule has 0 saturated heterocycles. The van der Waals surface area contributed by atoms with Crippen LogP contribution in [0.4, 0.5) is 0 Å². The molecule has 9 heteroatoms. The Labute approximate surface area is 305 Å². The van der Waals surface area contributed by atoms with Gasteiger partial charge in [0.2, 0.25) is 0 Å². The maximum Gasteiger partial charge on any atom is 0.469 e. The number of hydrogen-bond donors (Lipinski definition) is 2. The molecule has 0 radical (unpaired) electrons. The van der Waals surface area contributed by atoms with E-state index in [0.29, 0.717) is 12.8 Å².